The Kier molecular flexibility index (Phi) is 8.76. The molecule has 2 heteroatoms. The van der Waals surface area contributed by atoms with E-state index in [1.54, 1.807) is 0 Å². The highest BCUT2D eigenvalue weighted by atomic mass is 32.1. The average Bonchev–Trinajstić information content (AvgIpc) is 3.72. The monoisotopic (exact) mass is 805 g/mol. The topological polar surface area (TPSA) is 3.24 Å². The van der Waals surface area contributed by atoms with E-state index >= 15 is 0 Å². The van der Waals surface area contributed by atoms with E-state index in [-0.39, 0.29) is 0 Å². The van der Waals surface area contributed by atoms with Crippen LogP contribution >= 0.6 is 11.3 Å². The van der Waals surface area contributed by atoms with Crippen molar-refractivity contribution < 1.29 is 0 Å². The van der Waals surface area contributed by atoms with E-state index in [4.69, 9.17) is 0 Å². The third-order valence-electron chi connectivity index (χ3n) is 12.5. The molecule has 12 aromatic rings. The fourth-order valence-corrected chi connectivity index (χ4v) is 10.7. The maximum atomic E-state index is 2.43. The van der Waals surface area contributed by atoms with Crippen molar-refractivity contribution in [3.63, 3.8) is 0 Å². The lowest BCUT2D eigenvalue weighted by Crippen LogP contribution is -2.10. The number of nitrogens with zero attached hydrogens (tertiary/aromatic N) is 1. The Bertz CT molecular complexity index is 3600. The Morgan fingerprint density at radius 1 is 0.258 bits per heavy atom. The first-order valence-electron chi connectivity index (χ1n) is 21.2. The molecule has 0 aliphatic heterocycles. The molecular weight excluding hydrogens is 767 g/mol. The summed E-state index contributed by atoms with van der Waals surface area (Å²) < 4.78 is 2.58. The van der Waals surface area contributed by atoms with E-state index in [0.717, 1.165) is 17.1 Å². The van der Waals surface area contributed by atoms with Crippen LogP contribution in [0.1, 0.15) is 0 Å². The van der Waals surface area contributed by atoms with Crippen LogP contribution in [0, 0.1) is 0 Å². The van der Waals surface area contributed by atoms with E-state index in [2.05, 4.69) is 241 Å². The lowest BCUT2D eigenvalue weighted by atomic mass is 9.85. The van der Waals surface area contributed by atoms with Crippen LogP contribution in [0.5, 0.6) is 0 Å². The standard InChI is InChI=1S/C60H39NS/c1-3-15-44(16-4-1)59-55-23-10-9-21-51(55)52-36-34-47(38-56(52)60(59)45-17-5-2-6-18-45)61(48-35-37-54-53-22-11-12-25-57(53)62-58(54)39-48)46-32-30-41(31-33-46)40-26-28-43(29-27-40)50-24-13-19-42-14-7-8-20-49(42)50/h1-39H. The quantitative estimate of drug-likeness (QED) is 0.145. The van der Waals surface area contributed by atoms with Gasteiger partial charge >= 0.3 is 0 Å². The Morgan fingerprint density at radius 2 is 0.742 bits per heavy atom. The average molecular weight is 806 g/mol. The fraction of sp³-hybridized carbons (Fsp3) is 0. The number of hydrogen-bond acceptors (Lipinski definition) is 2. The first-order chi connectivity index (χ1) is 30.7. The molecule has 0 unspecified atom stereocenters. The predicted molar refractivity (Wildman–Crippen MR) is 268 cm³/mol. The molecule has 0 amide bonds. The van der Waals surface area contributed by atoms with Crippen molar-refractivity contribution >= 4 is 80.9 Å². The Hall–Kier alpha value is -7.78. The maximum Gasteiger partial charge on any atom is 0.0476 e. The SMILES string of the molecule is c1ccc(-c2c(-c3ccccc3)c3cc(N(c4ccc(-c5ccc(-c6cccc7ccccc67)cc5)cc4)c4ccc5c(c4)sc4ccccc45)ccc3c3ccccc23)cc1. The van der Waals surface area contributed by atoms with Gasteiger partial charge in [-0.15, -0.1) is 11.3 Å². The molecule has 1 aromatic heterocycles. The first-order valence-corrected chi connectivity index (χ1v) is 22.1. The van der Waals surface area contributed by atoms with Crippen molar-refractivity contribution in [1.29, 1.82) is 0 Å². The molecule has 62 heavy (non-hydrogen) atoms. The summed E-state index contributed by atoms with van der Waals surface area (Å²) in [6.45, 7) is 0. The minimum Gasteiger partial charge on any atom is -0.310 e. The van der Waals surface area contributed by atoms with Gasteiger partial charge in [0.15, 0.2) is 0 Å². The highest BCUT2D eigenvalue weighted by molar-refractivity contribution is 7.25. The smallest absolute Gasteiger partial charge is 0.0476 e. The molecule has 12 rings (SSSR count). The molecular formula is C60H39NS. The number of anilines is 3. The summed E-state index contributed by atoms with van der Waals surface area (Å²) in [7, 11) is 0. The largest absolute Gasteiger partial charge is 0.310 e. The van der Waals surface area contributed by atoms with E-state index < -0.39 is 0 Å². The summed E-state index contributed by atoms with van der Waals surface area (Å²) in [6, 6.07) is 86.8. The lowest BCUT2D eigenvalue weighted by Gasteiger charge is -2.27. The Labute approximate surface area is 365 Å². The van der Waals surface area contributed by atoms with Gasteiger partial charge in [-0.25, -0.2) is 0 Å². The maximum absolute atomic E-state index is 2.43. The molecule has 1 heterocycles. The summed E-state index contributed by atoms with van der Waals surface area (Å²) in [5, 5.41) is 10.1. The van der Waals surface area contributed by atoms with Crippen LogP contribution in [0.15, 0.2) is 237 Å². The lowest BCUT2D eigenvalue weighted by molar-refractivity contribution is 1.30. The van der Waals surface area contributed by atoms with Crippen molar-refractivity contribution in [3.8, 4) is 44.5 Å². The van der Waals surface area contributed by atoms with E-state index in [1.165, 1.54) is 97.0 Å². The molecule has 11 aromatic carbocycles. The first kappa shape index (κ1) is 36.1. The third-order valence-corrected chi connectivity index (χ3v) is 13.6. The van der Waals surface area contributed by atoms with Crippen LogP contribution < -0.4 is 4.90 Å². The number of rotatable bonds is 7. The summed E-state index contributed by atoms with van der Waals surface area (Å²) in [5.74, 6) is 0. The molecule has 0 radical (unpaired) electrons. The van der Waals surface area contributed by atoms with E-state index in [1.807, 2.05) is 11.3 Å². The number of benzene rings is 11. The van der Waals surface area contributed by atoms with Gasteiger partial charge in [0.05, 0.1) is 0 Å². The van der Waals surface area contributed by atoms with Crippen LogP contribution in [0.2, 0.25) is 0 Å². The van der Waals surface area contributed by atoms with Crippen LogP contribution in [0.3, 0.4) is 0 Å². The van der Waals surface area contributed by atoms with E-state index in [9.17, 15) is 0 Å². The van der Waals surface area contributed by atoms with Crippen molar-refractivity contribution in [2.24, 2.45) is 0 Å². The predicted octanol–water partition coefficient (Wildman–Crippen LogP) is 17.7. The highest BCUT2D eigenvalue weighted by Crippen LogP contribution is 2.48. The van der Waals surface area contributed by atoms with Gasteiger partial charge in [0.1, 0.15) is 0 Å². The number of fused-ring (bicyclic) bond motifs is 7. The van der Waals surface area contributed by atoms with Gasteiger partial charge in [0.2, 0.25) is 0 Å². The van der Waals surface area contributed by atoms with Gasteiger partial charge in [-0.3, -0.25) is 0 Å². The van der Waals surface area contributed by atoms with Crippen molar-refractivity contribution in [3.05, 3.63) is 237 Å². The van der Waals surface area contributed by atoms with E-state index in [0.29, 0.717) is 0 Å². The third kappa shape index (κ3) is 6.15. The van der Waals surface area contributed by atoms with Gasteiger partial charge in [0, 0.05) is 37.2 Å². The molecule has 0 fully saturated rings. The van der Waals surface area contributed by atoms with Gasteiger partial charge in [-0.2, -0.15) is 0 Å². The van der Waals surface area contributed by atoms with Crippen molar-refractivity contribution in [2.75, 3.05) is 4.90 Å². The minimum atomic E-state index is 1.10. The van der Waals surface area contributed by atoms with Crippen molar-refractivity contribution in [2.45, 2.75) is 0 Å². The Morgan fingerprint density at radius 3 is 1.47 bits per heavy atom. The number of hydrogen-bond donors (Lipinski definition) is 0. The molecule has 0 aliphatic rings. The molecule has 0 saturated heterocycles. The van der Waals surface area contributed by atoms with Gasteiger partial charge < -0.3 is 4.90 Å². The van der Waals surface area contributed by atoms with Crippen LogP contribution in [0.25, 0.3) is 97.0 Å². The van der Waals surface area contributed by atoms with Crippen LogP contribution in [-0.2, 0) is 0 Å². The summed E-state index contributed by atoms with van der Waals surface area (Å²) >= 11 is 1.86. The second-order valence-electron chi connectivity index (χ2n) is 16.0. The van der Waals surface area contributed by atoms with Crippen LogP contribution in [0.4, 0.5) is 17.1 Å². The second-order valence-corrected chi connectivity index (χ2v) is 17.1. The summed E-state index contributed by atoms with van der Waals surface area (Å²) in [4.78, 5) is 2.43. The highest BCUT2D eigenvalue weighted by Gasteiger charge is 2.21. The molecule has 0 aliphatic carbocycles. The molecule has 0 atom stereocenters. The number of thiophene rings is 1. The molecule has 290 valence electrons. The molecule has 0 N–H and O–H groups in total. The van der Waals surface area contributed by atoms with Gasteiger partial charge in [-0.05, 0) is 119 Å². The zero-order chi connectivity index (χ0) is 41.0. The van der Waals surface area contributed by atoms with Crippen molar-refractivity contribution in [1.82, 2.24) is 0 Å². The summed E-state index contributed by atoms with van der Waals surface area (Å²) in [6.07, 6.45) is 0. The molecule has 0 bridgehead atoms. The zero-order valence-electron chi connectivity index (χ0n) is 33.9. The minimum absolute atomic E-state index is 1.10. The molecule has 0 saturated carbocycles. The zero-order valence-corrected chi connectivity index (χ0v) is 34.7. The molecule has 1 nitrogen and oxygen atoms in total. The second kappa shape index (κ2) is 15.0. The van der Waals surface area contributed by atoms with Gasteiger partial charge in [-0.1, -0.05) is 194 Å². The fourth-order valence-electron chi connectivity index (χ4n) is 9.55. The summed E-state index contributed by atoms with van der Waals surface area (Å²) in [5.41, 5.74) is 13.1. The molecule has 0 spiro atoms. The van der Waals surface area contributed by atoms with Gasteiger partial charge in [0.25, 0.3) is 0 Å². The van der Waals surface area contributed by atoms with Crippen LogP contribution in [-0.4, -0.2) is 0 Å². The Balaban J connectivity index is 1.03. The normalized spacial score (nSPS) is 11.5.